The zero-order valence-corrected chi connectivity index (χ0v) is 20.5. The molecule has 2 heterocycles. The first kappa shape index (κ1) is 24.9. The number of benzene rings is 2. The first-order valence-electron chi connectivity index (χ1n) is 11.0. The Morgan fingerprint density at radius 2 is 1.91 bits per heavy atom. The van der Waals surface area contributed by atoms with E-state index in [0.717, 1.165) is 0 Å². The van der Waals surface area contributed by atoms with Crippen LogP contribution in [0.15, 0.2) is 53.5 Å². The van der Waals surface area contributed by atoms with Gasteiger partial charge in [-0.25, -0.2) is 8.91 Å². The summed E-state index contributed by atoms with van der Waals surface area (Å²) in [6, 6.07) is 10.00. The molecule has 35 heavy (non-hydrogen) atoms. The standard InChI is InChI=1S/C25H23Cl2FN4O3/c1-13(2)21-18(24(34)29-20(9-10-33)14-3-6-16(28)7-4-14)12-32-22(21)25(35)30-23(31-32)17-8-5-15(26)11-19(17)27/h3-8,11-13,20,33H,9-10H2,1-2H3,(H,29,34)(H,30,31,35)/t20-/m1/s1. The number of fused-ring (bicyclic) bond motifs is 1. The van der Waals surface area contributed by atoms with Crippen LogP contribution in [0, 0.1) is 5.82 Å². The molecule has 0 radical (unpaired) electrons. The van der Waals surface area contributed by atoms with Crippen molar-refractivity contribution in [3.63, 3.8) is 0 Å². The molecule has 182 valence electrons. The van der Waals surface area contributed by atoms with Crippen LogP contribution in [-0.2, 0) is 0 Å². The first-order valence-corrected chi connectivity index (χ1v) is 11.7. The van der Waals surface area contributed by atoms with Crippen LogP contribution in [0.3, 0.4) is 0 Å². The van der Waals surface area contributed by atoms with E-state index in [2.05, 4.69) is 15.4 Å². The highest BCUT2D eigenvalue weighted by atomic mass is 35.5. The first-order chi connectivity index (χ1) is 16.7. The average Bonchev–Trinajstić information content (AvgIpc) is 3.20. The zero-order chi connectivity index (χ0) is 25.3. The summed E-state index contributed by atoms with van der Waals surface area (Å²) in [4.78, 5) is 29.2. The number of carbonyl (C=O) groups excluding carboxylic acids is 1. The maximum Gasteiger partial charge on any atom is 0.275 e. The molecule has 4 rings (SSSR count). The normalized spacial score (nSPS) is 12.3. The van der Waals surface area contributed by atoms with Gasteiger partial charge in [0, 0.05) is 29.0 Å². The molecule has 0 aliphatic heterocycles. The summed E-state index contributed by atoms with van der Waals surface area (Å²) in [5.74, 6) is -0.778. The molecule has 2 aromatic heterocycles. The van der Waals surface area contributed by atoms with E-state index in [1.807, 2.05) is 13.8 Å². The van der Waals surface area contributed by atoms with Gasteiger partial charge in [0.2, 0.25) is 0 Å². The quantitative estimate of drug-likeness (QED) is 0.317. The predicted octanol–water partition coefficient (Wildman–Crippen LogP) is 5.11. The number of hydrogen-bond acceptors (Lipinski definition) is 4. The van der Waals surface area contributed by atoms with Crippen LogP contribution in [0.25, 0.3) is 16.9 Å². The summed E-state index contributed by atoms with van der Waals surface area (Å²) in [6.07, 6.45) is 1.74. The minimum Gasteiger partial charge on any atom is -0.396 e. The number of amides is 1. The Hall–Kier alpha value is -3.20. The number of carbonyl (C=O) groups is 1. The van der Waals surface area contributed by atoms with Gasteiger partial charge in [-0.2, -0.15) is 0 Å². The van der Waals surface area contributed by atoms with Crippen LogP contribution < -0.4 is 10.9 Å². The van der Waals surface area contributed by atoms with E-state index in [4.69, 9.17) is 23.2 Å². The van der Waals surface area contributed by atoms with Gasteiger partial charge >= 0.3 is 0 Å². The number of nitrogens with zero attached hydrogens (tertiary/aromatic N) is 2. The molecule has 0 bridgehead atoms. The second-order valence-electron chi connectivity index (χ2n) is 8.42. The summed E-state index contributed by atoms with van der Waals surface area (Å²) >= 11 is 12.3. The van der Waals surface area contributed by atoms with E-state index in [1.165, 1.54) is 22.8 Å². The third-order valence-electron chi connectivity index (χ3n) is 5.68. The van der Waals surface area contributed by atoms with Crippen LogP contribution in [0.1, 0.15) is 53.7 Å². The molecule has 10 heteroatoms. The summed E-state index contributed by atoms with van der Waals surface area (Å²) in [5.41, 5.74) is 1.78. The fraction of sp³-hybridized carbons (Fsp3) is 0.240. The topological polar surface area (TPSA) is 99.5 Å². The number of rotatable bonds is 7. The zero-order valence-electron chi connectivity index (χ0n) is 19.0. The summed E-state index contributed by atoms with van der Waals surface area (Å²) < 4.78 is 14.7. The molecular formula is C25H23Cl2FN4O3. The summed E-state index contributed by atoms with van der Waals surface area (Å²) in [5, 5.41) is 17.7. The smallest absolute Gasteiger partial charge is 0.275 e. The molecule has 0 saturated carbocycles. The number of H-pyrrole nitrogens is 1. The number of aromatic amines is 1. The van der Waals surface area contributed by atoms with Crippen molar-refractivity contribution in [3.8, 4) is 11.4 Å². The van der Waals surface area contributed by atoms with Crippen molar-refractivity contribution in [1.29, 1.82) is 0 Å². The molecule has 4 aromatic rings. The van der Waals surface area contributed by atoms with Crippen molar-refractivity contribution in [2.75, 3.05) is 6.61 Å². The van der Waals surface area contributed by atoms with E-state index < -0.39 is 23.3 Å². The lowest BCUT2D eigenvalue weighted by molar-refractivity contribution is 0.0929. The van der Waals surface area contributed by atoms with Crippen molar-refractivity contribution < 1.29 is 14.3 Å². The second kappa shape index (κ2) is 10.2. The van der Waals surface area contributed by atoms with Gasteiger partial charge in [-0.05, 0) is 48.2 Å². The molecule has 1 atom stereocenters. The maximum atomic E-state index is 13.4. The Morgan fingerprint density at radius 1 is 1.20 bits per heavy atom. The Balaban J connectivity index is 1.78. The molecule has 1 amide bonds. The lowest BCUT2D eigenvalue weighted by Gasteiger charge is -2.19. The third kappa shape index (κ3) is 5.10. The average molecular weight is 517 g/mol. The lowest BCUT2D eigenvalue weighted by Crippen LogP contribution is -2.29. The minimum atomic E-state index is -0.550. The number of aliphatic hydroxyl groups is 1. The molecular weight excluding hydrogens is 494 g/mol. The van der Waals surface area contributed by atoms with E-state index in [9.17, 15) is 19.1 Å². The largest absolute Gasteiger partial charge is 0.396 e. The monoisotopic (exact) mass is 516 g/mol. The van der Waals surface area contributed by atoms with Gasteiger partial charge in [0.1, 0.15) is 11.3 Å². The van der Waals surface area contributed by atoms with Crippen LogP contribution in [0.2, 0.25) is 10.0 Å². The number of aromatic nitrogens is 3. The maximum absolute atomic E-state index is 13.4. The van der Waals surface area contributed by atoms with Gasteiger partial charge in [-0.3, -0.25) is 9.59 Å². The molecule has 0 fully saturated rings. The van der Waals surface area contributed by atoms with Crippen LogP contribution >= 0.6 is 23.2 Å². The molecule has 0 saturated heterocycles. The molecule has 0 spiro atoms. The number of nitrogens with one attached hydrogen (secondary N) is 2. The Bertz CT molecular complexity index is 1450. The van der Waals surface area contributed by atoms with Crippen molar-refractivity contribution in [2.45, 2.75) is 32.2 Å². The van der Waals surface area contributed by atoms with Gasteiger partial charge < -0.3 is 15.4 Å². The highest BCUT2D eigenvalue weighted by Gasteiger charge is 2.25. The highest BCUT2D eigenvalue weighted by molar-refractivity contribution is 6.36. The fourth-order valence-corrected chi connectivity index (χ4v) is 4.56. The van der Waals surface area contributed by atoms with E-state index in [0.29, 0.717) is 26.7 Å². The van der Waals surface area contributed by atoms with Gasteiger partial charge in [-0.1, -0.05) is 49.2 Å². The molecule has 2 aromatic carbocycles. The number of halogens is 3. The second-order valence-corrected chi connectivity index (χ2v) is 9.26. The Kier molecular flexibility index (Phi) is 7.25. The lowest BCUT2D eigenvalue weighted by atomic mass is 9.98. The van der Waals surface area contributed by atoms with E-state index in [1.54, 1.807) is 30.3 Å². The molecule has 0 unspecified atom stereocenters. The van der Waals surface area contributed by atoms with Gasteiger partial charge in [-0.15, -0.1) is 5.10 Å². The molecule has 3 N–H and O–H groups in total. The van der Waals surface area contributed by atoms with Crippen molar-refractivity contribution in [1.82, 2.24) is 19.9 Å². The minimum absolute atomic E-state index is 0.171. The highest BCUT2D eigenvalue weighted by Crippen LogP contribution is 2.30. The van der Waals surface area contributed by atoms with Gasteiger partial charge in [0.25, 0.3) is 11.5 Å². The van der Waals surface area contributed by atoms with Crippen molar-refractivity contribution in [3.05, 3.63) is 91.6 Å². The SMILES string of the molecule is CC(C)c1c(C(=O)N[C@H](CCO)c2ccc(F)cc2)cn2nc(-c3ccc(Cl)cc3Cl)[nH]c(=O)c12. The molecule has 0 aliphatic carbocycles. The fourth-order valence-electron chi connectivity index (χ4n) is 4.06. The number of aliphatic hydroxyl groups excluding tert-OH is 1. The van der Waals surface area contributed by atoms with Gasteiger partial charge in [0.05, 0.1) is 16.6 Å². The van der Waals surface area contributed by atoms with Crippen molar-refractivity contribution >= 4 is 34.6 Å². The molecule has 7 nitrogen and oxygen atoms in total. The Morgan fingerprint density at radius 3 is 2.54 bits per heavy atom. The number of hydrogen-bond donors (Lipinski definition) is 3. The van der Waals surface area contributed by atoms with Crippen molar-refractivity contribution in [2.24, 2.45) is 0 Å². The van der Waals surface area contributed by atoms with Crippen LogP contribution in [0.5, 0.6) is 0 Å². The molecule has 0 aliphatic rings. The van der Waals surface area contributed by atoms with Crippen LogP contribution in [0.4, 0.5) is 4.39 Å². The summed E-state index contributed by atoms with van der Waals surface area (Å²) in [7, 11) is 0. The summed E-state index contributed by atoms with van der Waals surface area (Å²) in [6.45, 7) is 3.57. The van der Waals surface area contributed by atoms with E-state index >= 15 is 0 Å². The third-order valence-corrected chi connectivity index (χ3v) is 6.23. The Labute approximate surface area is 210 Å². The van der Waals surface area contributed by atoms with Gasteiger partial charge in [0.15, 0.2) is 5.82 Å². The predicted molar refractivity (Wildman–Crippen MR) is 134 cm³/mol. The van der Waals surface area contributed by atoms with E-state index in [-0.39, 0.29) is 35.9 Å². The van der Waals surface area contributed by atoms with Crippen LogP contribution in [-0.4, -0.2) is 32.2 Å².